The highest BCUT2D eigenvalue weighted by Crippen LogP contribution is 2.19. The van der Waals surface area contributed by atoms with Crippen LogP contribution in [0.2, 0.25) is 0 Å². The number of esters is 1. The van der Waals surface area contributed by atoms with Gasteiger partial charge < -0.3 is 10.1 Å². The zero-order valence-electron chi connectivity index (χ0n) is 11.9. The normalized spacial score (nSPS) is 10.7. The Morgan fingerprint density at radius 1 is 1.32 bits per heavy atom. The monoisotopic (exact) mass is 281 g/mol. The Labute approximate surface area is 120 Å². The van der Waals surface area contributed by atoms with Crippen molar-refractivity contribution in [2.75, 3.05) is 19.4 Å². The van der Waals surface area contributed by atoms with Crippen molar-refractivity contribution in [1.82, 2.24) is 5.32 Å². The van der Waals surface area contributed by atoms with Crippen molar-refractivity contribution in [1.29, 1.82) is 0 Å². The van der Waals surface area contributed by atoms with Crippen LogP contribution in [0.25, 0.3) is 0 Å². The van der Waals surface area contributed by atoms with Gasteiger partial charge in [-0.05, 0) is 30.2 Å². The Morgan fingerprint density at radius 3 is 2.58 bits per heavy atom. The molecule has 1 aromatic carbocycles. The second-order valence-electron chi connectivity index (χ2n) is 4.84. The van der Waals surface area contributed by atoms with Gasteiger partial charge >= 0.3 is 5.97 Å². The average Bonchev–Trinajstić information content (AvgIpc) is 2.40. The van der Waals surface area contributed by atoms with Gasteiger partial charge in [0.25, 0.3) is 0 Å². The fourth-order valence-electron chi connectivity index (χ4n) is 1.56. The molecule has 0 aromatic heterocycles. The average molecular weight is 281 g/mol. The molecule has 19 heavy (non-hydrogen) atoms. The Morgan fingerprint density at radius 2 is 2.00 bits per heavy atom. The van der Waals surface area contributed by atoms with Crippen LogP contribution >= 0.6 is 11.8 Å². The molecule has 0 aliphatic carbocycles. The molecule has 0 saturated carbocycles. The Balaban J connectivity index is 2.29. The van der Waals surface area contributed by atoms with Crippen molar-refractivity contribution in [3.05, 3.63) is 29.8 Å². The maximum Gasteiger partial charge on any atom is 0.306 e. The first-order valence-electron chi connectivity index (χ1n) is 6.61. The lowest BCUT2D eigenvalue weighted by molar-refractivity contribution is -0.140. The molecule has 4 heteroatoms. The van der Waals surface area contributed by atoms with E-state index in [1.807, 2.05) is 0 Å². The summed E-state index contributed by atoms with van der Waals surface area (Å²) >= 11 is 1.68. The molecule has 1 aromatic rings. The van der Waals surface area contributed by atoms with Gasteiger partial charge in [-0.2, -0.15) is 0 Å². The van der Waals surface area contributed by atoms with E-state index in [-0.39, 0.29) is 5.97 Å². The van der Waals surface area contributed by atoms with E-state index >= 15 is 0 Å². The quantitative estimate of drug-likeness (QED) is 0.587. The molecule has 3 nitrogen and oxygen atoms in total. The SMILES string of the molecule is COC(=O)CCSc1ccc(CNCC(C)C)cc1. The summed E-state index contributed by atoms with van der Waals surface area (Å²) in [5, 5.41) is 3.42. The summed E-state index contributed by atoms with van der Waals surface area (Å²) in [6.45, 7) is 6.35. The van der Waals surface area contributed by atoms with Gasteiger partial charge in [0.15, 0.2) is 0 Å². The number of nitrogens with one attached hydrogen (secondary N) is 1. The summed E-state index contributed by atoms with van der Waals surface area (Å²) in [4.78, 5) is 12.2. The van der Waals surface area contributed by atoms with Crippen LogP contribution in [0, 0.1) is 5.92 Å². The molecule has 0 amide bonds. The number of methoxy groups -OCH3 is 1. The number of hydrogen-bond donors (Lipinski definition) is 1. The number of ether oxygens (including phenoxy) is 1. The molecule has 0 atom stereocenters. The summed E-state index contributed by atoms with van der Waals surface area (Å²) in [6.07, 6.45) is 0.457. The molecule has 0 saturated heterocycles. The first-order chi connectivity index (χ1) is 9.11. The molecule has 1 rings (SSSR count). The van der Waals surface area contributed by atoms with E-state index in [0.717, 1.165) is 18.8 Å². The Kier molecular flexibility index (Phi) is 7.60. The predicted molar refractivity (Wildman–Crippen MR) is 80.3 cm³/mol. The van der Waals surface area contributed by atoms with E-state index in [4.69, 9.17) is 0 Å². The van der Waals surface area contributed by atoms with Crippen molar-refractivity contribution in [2.45, 2.75) is 31.7 Å². The van der Waals surface area contributed by atoms with Gasteiger partial charge in [0.05, 0.1) is 13.5 Å². The summed E-state index contributed by atoms with van der Waals surface area (Å²) in [6, 6.07) is 8.48. The Bertz CT molecular complexity index is 376. The largest absolute Gasteiger partial charge is 0.469 e. The number of carbonyl (C=O) groups excluding carboxylic acids is 1. The van der Waals surface area contributed by atoms with Crippen LogP contribution in [-0.2, 0) is 16.1 Å². The lowest BCUT2D eigenvalue weighted by Crippen LogP contribution is -2.18. The number of rotatable bonds is 8. The third-order valence-electron chi connectivity index (χ3n) is 2.61. The number of benzene rings is 1. The van der Waals surface area contributed by atoms with Crippen LogP contribution in [0.15, 0.2) is 29.2 Å². The second kappa shape index (κ2) is 8.99. The topological polar surface area (TPSA) is 38.3 Å². The fourth-order valence-corrected chi connectivity index (χ4v) is 2.40. The first kappa shape index (κ1) is 16.1. The zero-order valence-corrected chi connectivity index (χ0v) is 12.8. The zero-order chi connectivity index (χ0) is 14.1. The third-order valence-corrected chi connectivity index (χ3v) is 3.62. The van der Waals surface area contributed by atoms with Crippen LogP contribution in [-0.4, -0.2) is 25.4 Å². The molecule has 0 aliphatic heterocycles. The van der Waals surface area contributed by atoms with E-state index in [9.17, 15) is 4.79 Å². The van der Waals surface area contributed by atoms with Gasteiger partial charge in [-0.3, -0.25) is 4.79 Å². The number of thioether (sulfide) groups is 1. The molecule has 0 heterocycles. The van der Waals surface area contributed by atoms with Crippen LogP contribution in [0.1, 0.15) is 25.8 Å². The highest BCUT2D eigenvalue weighted by atomic mass is 32.2. The lowest BCUT2D eigenvalue weighted by Gasteiger charge is -2.08. The van der Waals surface area contributed by atoms with E-state index in [0.29, 0.717) is 12.3 Å². The van der Waals surface area contributed by atoms with Crippen LogP contribution in [0.4, 0.5) is 0 Å². The summed E-state index contributed by atoms with van der Waals surface area (Å²) in [5.74, 6) is 1.28. The molecule has 0 spiro atoms. The molecular weight excluding hydrogens is 258 g/mol. The van der Waals surface area contributed by atoms with Crippen molar-refractivity contribution >= 4 is 17.7 Å². The van der Waals surface area contributed by atoms with Crippen molar-refractivity contribution < 1.29 is 9.53 Å². The summed E-state index contributed by atoms with van der Waals surface area (Å²) in [7, 11) is 1.42. The van der Waals surface area contributed by atoms with Crippen LogP contribution in [0.3, 0.4) is 0 Å². The molecule has 1 N–H and O–H groups in total. The Hall–Kier alpha value is -1.00. The number of hydrogen-bond acceptors (Lipinski definition) is 4. The van der Waals surface area contributed by atoms with Gasteiger partial charge in [0.1, 0.15) is 0 Å². The van der Waals surface area contributed by atoms with Gasteiger partial charge in [-0.25, -0.2) is 0 Å². The minimum atomic E-state index is -0.151. The maximum absolute atomic E-state index is 11.0. The molecule has 0 unspecified atom stereocenters. The van der Waals surface area contributed by atoms with Gasteiger partial charge in [-0.15, -0.1) is 11.8 Å². The van der Waals surface area contributed by atoms with Gasteiger partial charge in [-0.1, -0.05) is 26.0 Å². The van der Waals surface area contributed by atoms with Gasteiger partial charge in [0, 0.05) is 17.2 Å². The molecular formula is C15H23NO2S. The second-order valence-corrected chi connectivity index (χ2v) is 6.01. The molecule has 0 aliphatic rings. The van der Waals surface area contributed by atoms with Crippen molar-refractivity contribution in [3.8, 4) is 0 Å². The maximum atomic E-state index is 11.0. The van der Waals surface area contributed by atoms with Crippen LogP contribution in [0.5, 0.6) is 0 Å². The predicted octanol–water partition coefficient (Wildman–Crippen LogP) is 3.09. The molecule has 106 valence electrons. The van der Waals surface area contributed by atoms with Crippen molar-refractivity contribution in [2.24, 2.45) is 5.92 Å². The highest BCUT2D eigenvalue weighted by molar-refractivity contribution is 7.99. The van der Waals surface area contributed by atoms with E-state index in [1.165, 1.54) is 17.6 Å². The molecule has 0 radical (unpaired) electrons. The highest BCUT2D eigenvalue weighted by Gasteiger charge is 2.01. The third kappa shape index (κ3) is 7.23. The standard InChI is InChI=1S/C15H23NO2S/c1-12(2)10-16-11-13-4-6-14(7-5-13)19-9-8-15(17)18-3/h4-7,12,16H,8-11H2,1-3H3. The van der Waals surface area contributed by atoms with Gasteiger partial charge in [0.2, 0.25) is 0 Å². The smallest absolute Gasteiger partial charge is 0.306 e. The minimum Gasteiger partial charge on any atom is -0.469 e. The van der Waals surface area contributed by atoms with Crippen LogP contribution < -0.4 is 5.32 Å². The number of carbonyl (C=O) groups is 1. The molecule has 0 fully saturated rings. The summed E-state index contributed by atoms with van der Waals surface area (Å²) < 4.78 is 4.61. The first-order valence-corrected chi connectivity index (χ1v) is 7.59. The molecule has 0 bridgehead atoms. The van der Waals surface area contributed by atoms with E-state index in [2.05, 4.69) is 48.2 Å². The van der Waals surface area contributed by atoms with Crippen molar-refractivity contribution in [3.63, 3.8) is 0 Å². The summed E-state index contributed by atoms with van der Waals surface area (Å²) in [5.41, 5.74) is 1.29. The minimum absolute atomic E-state index is 0.151. The fraction of sp³-hybridized carbons (Fsp3) is 0.533. The van der Waals surface area contributed by atoms with E-state index < -0.39 is 0 Å². The van der Waals surface area contributed by atoms with E-state index in [1.54, 1.807) is 11.8 Å². The lowest BCUT2D eigenvalue weighted by atomic mass is 10.2.